The number of benzene rings is 2. The summed E-state index contributed by atoms with van der Waals surface area (Å²) in [6.45, 7) is 0. The van der Waals surface area contributed by atoms with Crippen LogP contribution in [0.3, 0.4) is 0 Å². The van der Waals surface area contributed by atoms with E-state index >= 15 is 0 Å². The van der Waals surface area contributed by atoms with Crippen LogP contribution in [-0.4, -0.2) is 30.2 Å². The number of thiocarbonyl (C=S) groups is 1. The number of hydrogen-bond donors (Lipinski definition) is 2. The molecule has 0 bridgehead atoms. The van der Waals surface area contributed by atoms with E-state index in [1.54, 1.807) is 26.4 Å². The predicted molar refractivity (Wildman–Crippen MR) is 123 cm³/mol. The van der Waals surface area contributed by atoms with E-state index in [9.17, 15) is 4.79 Å². The normalized spacial score (nSPS) is 10.2. The van der Waals surface area contributed by atoms with Crippen LogP contribution in [0.5, 0.6) is 11.5 Å². The van der Waals surface area contributed by atoms with Crippen molar-refractivity contribution in [1.82, 2.24) is 10.3 Å². The van der Waals surface area contributed by atoms with Gasteiger partial charge in [0.15, 0.2) is 21.7 Å². The summed E-state index contributed by atoms with van der Waals surface area (Å²) in [5, 5.41) is 8.27. The molecule has 0 unspecified atom stereocenters. The Labute approximate surface area is 185 Å². The van der Waals surface area contributed by atoms with Crippen LogP contribution in [-0.2, 0) is 0 Å². The Morgan fingerprint density at radius 2 is 1.82 bits per heavy atom. The van der Waals surface area contributed by atoms with E-state index in [2.05, 4.69) is 38.2 Å². The summed E-state index contributed by atoms with van der Waals surface area (Å²) >= 11 is 8.79. The largest absolute Gasteiger partial charge is 0.493 e. The van der Waals surface area contributed by atoms with Crippen molar-refractivity contribution in [3.8, 4) is 22.8 Å². The standard InChI is InChI=1S/C19H16IN3O3S2/c1-25-15-8-5-12(9-16(15)26-2)14-10-28-19(21-14)23-18(27)22-17(24)11-3-6-13(20)7-4-11/h3-10H,1-2H3,(H2,21,22,23,24,27). The van der Waals surface area contributed by atoms with Crippen LogP contribution in [0.2, 0.25) is 0 Å². The third kappa shape index (κ3) is 4.97. The molecule has 0 aliphatic carbocycles. The molecule has 0 aliphatic rings. The van der Waals surface area contributed by atoms with E-state index < -0.39 is 0 Å². The Bertz CT molecular complexity index is 1010. The number of thiazole rings is 1. The summed E-state index contributed by atoms with van der Waals surface area (Å²) in [6.07, 6.45) is 0. The van der Waals surface area contributed by atoms with Crippen LogP contribution in [0.1, 0.15) is 10.4 Å². The fourth-order valence-electron chi connectivity index (χ4n) is 2.36. The molecule has 0 saturated heterocycles. The molecule has 2 aromatic carbocycles. The second kappa shape index (κ2) is 9.30. The maximum Gasteiger partial charge on any atom is 0.257 e. The van der Waals surface area contributed by atoms with Gasteiger partial charge in [-0.15, -0.1) is 11.3 Å². The average Bonchev–Trinajstić information content (AvgIpc) is 3.16. The lowest BCUT2D eigenvalue weighted by atomic mass is 10.1. The van der Waals surface area contributed by atoms with Crippen molar-refractivity contribution < 1.29 is 14.3 Å². The van der Waals surface area contributed by atoms with Crippen molar-refractivity contribution in [3.05, 3.63) is 57.0 Å². The van der Waals surface area contributed by atoms with Crippen molar-refractivity contribution >= 4 is 62.3 Å². The maximum absolute atomic E-state index is 12.2. The van der Waals surface area contributed by atoms with Gasteiger partial charge < -0.3 is 14.8 Å². The summed E-state index contributed by atoms with van der Waals surface area (Å²) in [4.78, 5) is 16.7. The first-order valence-corrected chi connectivity index (χ1v) is 10.4. The molecule has 0 radical (unpaired) electrons. The minimum atomic E-state index is -0.273. The topological polar surface area (TPSA) is 72.5 Å². The highest BCUT2D eigenvalue weighted by molar-refractivity contribution is 14.1. The summed E-state index contributed by atoms with van der Waals surface area (Å²) in [5.41, 5.74) is 2.19. The third-order valence-corrected chi connectivity index (χ3v) is 5.42. The molecule has 28 heavy (non-hydrogen) atoms. The van der Waals surface area contributed by atoms with Crippen LogP contribution in [0.25, 0.3) is 11.3 Å². The van der Waals surface area contributed by atoms with Crippen molar-refractivity contribution in [3.63, 3.8) is 0 Å². The molecule has 1 aromatic heterocycles. The van der Waals surface area contributed by atoms with Gasteiger partial charge in [0.05, 0.1) is 19.9 Å². The zero-order chi connectivity index (χ0) is 20.1. The SMILES string of the molecule is COc1ccc(-c2csc(NC(=S)NC(=O)c3ccc(I)cc3)n2)cc1OC. The van der Waals surface area contributed by atoms with Gasteiger partial charge >= 0.3 is 0 Å². The highest BCUT2D eigenvalue weighted by Crippen LogP contribution is 2.33. The minimum absolute atomic E-state index is 0.191. The summed E-state index contributed by atoms with van der Waals surface area (Å²) in [7, 11) is 3.18. The Kier molecular flexibility index (Phi) is 6.81. The zero-order valence-corrected chi connectivity index (χ0v) is 18.8. The van der Waals surface area contributed by atoms with Gasteiger partial charge in [0, 0.05) is 20.1 Å². The van der Waals surface area contributed by atoms with Gasteiger partial charge in [-0.3, -0.25) is 10.1 Å². The second-order valence-corrected chi connectivity index (χ2v) is 8.03. The summed E-state index contributed by atoms with van der Waals surface area (Å²) < 4.78 is 11.6. The fourth-order valence-corrected chi connectivity index (χ4v) is 3.70. The number of hydrogen-bond acceptors (Lipinski definition) is 6. The van der Waals surface area contributed by atoms with E-state index in [-0.39, 0.29) is 11.0 Å². The molecule has 0 saturated carbocycles. The first-order chi connectivity index (χ1) is 13.5. The number of halogens is 1. The lowest BCUT2D eigenvalue weighted by molar-refractivity contribution is 0.0977. The molecule has 2 N–H and O–H groups in total. The molecule has 144 valence electrons. The number of carbonyl (C=O) groups is 1. The van der Waals surface area contributed by atoms with Gasteiger partial charge in [-0.25, -0.2) is 4.98 Å². The van der Waals surface area contributed by atoms with Crippen LogP contribution >= 0.6 is 46.1 Å². The monoisotopic (exact) mass is 525 g/mol. The number of ether oxygens (including phenoxy) is 2. The number of nitrogens with one attached hydrogen (secondary N) is 2. The van der Waals surface area contributed by atoms with Gasteiger partial charge in [0.2, 0.25) is 0 Å². The molecule has 1 heterocycles. The molecule has 1 amide bonds. The van der Waals surface area contributed by atoms with E-state index in [0.717, 1.165) is 14.8 Å². The number of rotatable bonds is 5. The lowest BCUT2D eigenvalue weighted by Gasteiger charge is -2.08. The molecular weight excluding hydrogens is 509 g/mol. The quantitative estimate of drug-likeness (QED) is 0.376. The van der Waals surface area contributed by atoms with Gasteiger partial charge in [-0.05, 0) is 77.3 Å². The third-order valence-electron chi connectivity index (χ3n) is 3.74. The first kappa shape index (κ1) is 20.5. The van der Waals surface area contributed by atoms with E-state index in [4.69, 9.17) is 21.7 Å². The molecule has 0 atom stereocenters. The van der Waals surface area contributed by atoms with Gasteiger partial charge in [0.1, 0.15) is 0 Å². The molecular formula is C19H16IN3O3S2. The number of carbonyl (C=O) groups excluding carboxylic acids is 1. The molecule has 0 aliphatic heterocycles. The Hall–Kier alpha value is -2.24. The van der Waals surface area contributed by atoms with Crippen LogP contribution in [0.4, 0.5) is 5.13 Å². The zero-order valence-electron chi connectivity index (χ0n) is 15.0. The van der Waals surface area contributed by atoms with Crippen molar-refractivity contribution in [2.24, 2.45) is 0 Å². The van der Waals surface area contributed by atoms with E-state index in [0.29, 0.717) is 22.2 Å². The molecule has 3 rings (SSSR count). The smallest absolute Gasteiger partial charge is 0.257 e. The highest BCUT2D eigenvalue weighted by Gasteiger charge is 2.12. The predicted octanol–water partition coefficient (Wildman–Crippen LogP) is 4.56. The van der Waals surface area contributed by atoms with Crippen molar-refractivity contribution in [2.45, 2.75) is 0 Å². The number of aromatic nitrogens is 1. The highest BCUT2D eigenvalue weighted by atomic mass is 127. The Morgan fingerprint density at radius 1 is 1.11 bits per heavy atom. The number of methoxy groups -OCH3 is 2. The second-order valence-electron chi connectivity index (χ2n) is 5.52. The van der Waals surface area contributed by atoms with Crippen LogP contribution in [0.15, 0.2) is 47.8 Å². The number of anilines is 1. The fraction of sp³-hybridized carbons (Fsp3) is 0.105. The van der Waals surface area contributed by atoms with E-state index in [1.807, 2.05) is 35.7 Å². The van der Waals surface area contributed by atoms with E-state index in [1.165, 1.54) is 11.3 Å². The molecule has 3 aromatic rings. The van der Waals surface area contributed by atoms with Gasteiger partial charge in [-0.2, -0.15) is 0 Å². The summed E-state index contributed by atoms with van der Waals surface area (Å²) in [6, 6.07) is 12.8. The average molecular weight is 525 g/mol. The molecule has 9 heteroatoms. The van der Waals surface area contributed by atoms with Crippen LogP contribution in [0, 0.1) is 3.57 Å². The van der Waals surface area contributed by atoms with Gasteiger partial charge in [-0.1, -0.05) is 0 Å². The summed E-state index contributed by atoms with van der Waals surface area (Å²) in [5.74, 6) is 1.01. The van der Waals surface area contributed by atoms with Crippen LogP contribution < -0.4 is 20.1 Å². The minimum Gasteiger partial charge on any atom is -0.493 e. The number of amides is 1. The lowest BCUT2D eigenvalue weighted by Crippen LogP contribution is -2.34. The molecule has 6 nitrogen and oxygen atoms in total. The Morgan fingerprint density at radius 3 is 2.50 bits per heavy atom. The first-order valence-electron chi connectivity index (χ1n) is 8.06. The molecule has 0 spiro atoms. The molecule has 0 fully saturated rings. The van der Waals surface area contributed by atoms with Crippen molar-refractivity contribution in [1.29, 1.82) is 0 Å². The number of nitrogens with zero attached hydrogens (tertiary/aromatic N) is 1. The van der Waals surface area contributed by atoms with Crippen molar-refractivity contribution in [2.75, 3.05) is 19.5 Å². The Balaban J connectivity index is 1.66. The van der Waals surface area contributed by atoms with Gasteiger partial charge in [0.25, 0.3) is 5.91 Å². The maximum atomic E-state index is 12.2.